The predicted octanol–water partition coefficient (Wildman–Crippen LogP) is 3.98. The summed E-state index contributed by atoms with van der Waals surface area (Å²) in [5, 5.41) is 3.33. The highest BCUT2D eigenvalue weighted by Gasteiger charge is 2.54. The number of hydrogen-bond donors (Lipinski definition) is 1. The lowest BCUT2D eigenvalue weighted by molar-refractivity contribution is -0.146. The summed E-state index contributed by atoms with van der Waals surface area (Å²) >= 11 is 0. The summed E-state index contributed by atoms with van der Waals surface area (Å²) in [4.78, 5) is 15.5. The maximum Gasteiger partial charge on any atom is 0.226 e. The Kier molecular flexibility index (Phi) is 5.17. The lowest BCUT2D eigenvalue weighted by atomic mass is 9.49. The summed E-state index contributed by atoms with van der Waals surface area (Å²) in [6.45, 7) is 4.79. The van der Waals surface area contributed by atoms with Gasteiger partial charge >= 0.3 is 0 Å². The molecule has 24 heavy (non-hydrogen) atoms. The van der Waals surface area contributed by atoms with Gasteiger partial charge in [0.25, 0.3) is 0 Å². The minimum atomic E-state index is 0.0442. The summed E-state index contributed by atoms with van der Waals surface area (Å²) in [5.41, 5.74) is 0.0442. The standard InChI is InChI=1S/C21H36N2O/c24-20(21-14-17-11-18(15-21)13-19(12-17)16-21)22-7-3-1-4-8-23-9-5-2-6-10-23/h17-19H,1-16H2,(H,22,24). The summed E-state index contributed by atoms with van der Waals surface area (Å²) in [6.07, 6.45) is 15.8. The molecule has 5 fully saturated rings. The van der Waals surface area contributed by atoms with E-state index in [0.717, 1.165) is 30.7 Å². The van der Waals surface area contributed by atoms with Gasteiger partial charge in [0.2, 0.25) is 5.91 Å². The fourth-order valence-corrected chi connectivity index (χ4v) is 6.60. The number of nitrogens with one attached hydrogen (secondary N) is 1. The molecule has 136 valence electrons. The Labute approximate surface area is 147 Å². The Bertz CT molecular complexity index is 406. The van der Waals surface area contributed by atoms with Crippen molar-refractivity contribution < 1.29 is 4.79 Å². The first-order valence-electron chi connectivity index (χ1n) is 10.7. The molecule has 3 nitrogen and oxygen atoms in total. The Morgan fingerprint density at radius 1 is 0.875 bits per heavy atom. The van der Waals surface area contributed by atoms with Gasteiger partial charge in [0, 0.05) is 12.0 Å². The van der Waals surface area contributed by atoms with E-state index in [1.165, 1.54) is 90.3 Å². The molecule has 1 heterocycles. The average molecular weight is 333 g/mol. The van der Waals surface area contributed by atoms with E-state index in [1.807, 2.05) is 0 Å². The van der Waals surface area contributed by atoms with E-state index >= 15 is 0 Å². The number of nitrogens with zero attached hydrogens (tertiary/aromatic N) is 1. The molecule has 0 aromatic carbocycles. The Balaban J connectivity index is 1.14. The van der Waals surface area contributed by atoms with Crippen LogP contribution in [0.1, 0.15) is 77.0 Å². The molecule has 0 spiro atoms. The summed E-state index contributed by atoms with van der Waals surface area (Å²) in [7, 11) is 0. The zero-order chi connectivity index (χ0) is 16.4. The highest BCUT2D eigenvalue weighted by atomic mass is 16.2. The molecule has 4 aliphatic carbocycles. The third kappa shape index (κ3) is 3.66. The lowest BCUT2D eigenvalue weighted by Gasteiger charge is -2.55. The van der Waals surface area contributed by atoms with Crippen molar-refractivity contribution in [2.45, 2.75) is 77.0 Å². The van der Waals surface area contributed by atoms with Gasteiger partial charge in [0.15, 0.2) is 0 Å². The van der Waals surface area contributed by atoms with E-state index in [4.69, 9.17) is 0 Å². The van der Waals surface area contributed by atoms with Crippen LogP contribution in [0.25, 0.3) is 0 Å². The normalized spacial score (nSPS) is 38.4. The highest BCUT2D eigenvalue weighted by molar-refractivity contribution is 5.83. The maximum absolute atomic E-state index is 12.9. The Morgan fingerprint density at radius 3 is 2.12 bits per heavy atom. The maximum atomic E-state index is 12.9. The minimum Gasteiger partial charge on any atom is -0.356 e. The van der Waals surface area contributed by atoms with Gasteiger partial charge in [-0.1, -0.05) is 12.8 Å². The van der Waals surface area contributed by atoms with E-state index in [9.17, 15) is 4.79 Å². The van der Waals surface area contributed by atoms with Crippen LogP contribution < -0.4 is 5.32 Å². The van der Waals surface area contributed by atoms with E-state index in [-0.39, 0.29) is 5.41 Å². The average Bonchev–Trinajstić information content (AvgIpc) is 2.57. The molecule has 0 aromatic rings. The molecule has 0 radical (unpaired) electrons. The first-order valence-corrected chi connectivity index (χ1v) is 10.7. The van der Waals surface area contributed by atoms with Crippen LogP contribution in [0.5, 0.6) is 0 Å². The highest BCUT2D eigenvalue weighted by Crippen LogP contribution is 2.60. The molecule has 0 atom stereocenters. The van der Waals surface area contributed by atoms with Gasteiger partial charge in [0.05, 0.1) is 0 Å². The van der Waals surface area contributed by atoms with Gasteiger partial charge in [-0.25, -0.2) is 0 Å². The van der Waals surface area contributed by atoms with Gasteiger partial charge in [-0.05, 0) is 102 Å². The predicted molar refractivity (Wildman–Crippen MR) is 97.8 cm³/mol. The lowest BCUT2D eigenvalue weighted by Crippen LogP contribution is -2.53. The van der Waals surface area contributed by atoms with Crippen LogP contribution in [0, 0.1) is 23.2 Å². The number of hydrogen-bond acceptors (Lipinski definition) is 2. The summed E-state index contributed by atoms with van der Waals surface area (Å²) < 4.78 is 0. The van der Waals surface area contributed by atoms with Crippen LogP contribution in [0.2, 0.25) is 0 Å². The SMILES string of the molecule is O=C(NCCCCCN1CCCCC1)C12CC3CC(CC(C3)C1)C2. The zero-order valence-corrected chi connectivity index (χ0v) is 15.4. The van der Waals surface area contributed by atoms with Crippen LogP contribution in [0.3, 0.4) is 0 Å². The van der Waals surface area contributed by atoms with Crippen molar-refractivity contribution in [2.75, 3.05) is 26.2 Å². The van der Waals surface area contributed by atoms with Gasteiger partial charge < -0.3 is 10.2 Å². The van der Waals surface area contributed by atoms with Crippen molar-refractivity contribution in [3.8, 4) is 0 Å². The van der Waals surface area contributed by atoms with Gasteiger partial charge in [-0.3, -0.25) is 4.79 Å². The topological polar surface area (TPSA) is 32.3 Å². The molecule has 5 aliphatic rings. The van der Waals surface area contributed by atoms with Crippen molar-refractivity contribution in [2.24, 2.45) is 23.2 Å². The molecule has 0 aromatic heterocycles. The van der Waals surface area contributed by atoms with Crippen molar-refractivity contribution >= 4 is 5.91 Å². The number of piperidine rings is 1. The molecule has 1 saturated heterocycles. The van der Waals surface area contributed by atoms with Gasteiger partial charge in [-0.2, -0.15) is 0 Å². The van der Waals surface area contributed by atoms with Gasteiger partial charge in [-0.15, -0.1) is 0 Å². The Hall–Kier alpha value is -0.570. The van der Waals surface area contributed by atoms with Crippen LogP contribution in [-0.2, 0) is 4.79 Å². The Morgan fingerprint density at radius 2 is 1.50 bits per heavy atom. The monoisotopic (exact) mass is 332 g/mol. The second-order valence-electron chi connectivity index (χ2n) is 9.42. The van der Waals surface area contributed by atoms with Crippen molar-refractivity contribution in [1.82, 2.24) is 10.2 Å². The number of carbonyl (C=O) groups is 1. The zero-order valence-electron chi connectivity index (χ0n) is 15.4. The van der Waals surface area contributed by atoms with Crippen molar-refractivity contribution in [1.29, 1.82) is 0 Å². The molecule has 1 amide bonds. The third-order valence-corrected chi connectivity index (χ3v) is 7.41. The number of unbranched alkanes of at least 4 members (excludes halogenated alkanes) is 2. The summed E-state index contributed by atoms with van der Waals surface area (Å²) in [5.74, 6) is 3.02. The molecule has 3 heteroatoms. The van der Waals surface area contributed by atoms with Crippen LogP contribution in [-0.4, -0.2) is 37.0 Å². The molecule has 4 saturated carbocycles. The molecule has 4 bridgehead atoms. The second kappa shape index (κ2) is 7.35. The third-order valence-electron chi connectivity index (χ3n) is 7.41. The quantitative estimate of drug-likeness (QED) is 0.715. The summed E-state index contributed by atoms with van der Waals surface area (Å²) in [6, 6.07) is 0. The van der Waals surface area contributed by atoms with Gasteiger partial charge in [0.1, 0.15) is 0 Å². The van der Waals surface area contributed by atoms with Crippen molar-refractivity contribution in [3.63, 3.8) is 0 Å². The number of carbonyl (C=O) groups excluding carboxylic acids is 1. The molecular formula is C21H36N2O. The molecular weight excluding hydrogens is 296 g/mol. The second-order valence-corrected chi connectivity index (χ2v) is 9.42. The van der Waals surface area contributed by atoms with E-state index < -0.39 is 0 Å². The van der Waals surface area contributed by atoms with E-state index in [0.29, 0.717) is 5.91 Å². The number of amides is 1. The molecule has 5 rings (SSSR count). The molecule has 1 aliphatic heterocycles. The first-order chi connectivity index (χ1) is 11.7. The van der Waals surface area contributed by atoms with Crippen LogP contribution in [0.4, 0.5) is 0 Å². The fraction of sp³-hybridized carbons (Fsp3) is 0.952. The fourth-order valence-electron chi connectivity index (χ4n) is 6.60. The largest absolute Gasteiger partial charge is 0.356 e. The number of rotatable bonds is 7. The van der Waals surface area contributed by atoms with E-state index in [2.05, 4.69) is 10.2 Å². The first kappa shape index (κ1) is 16.9. The van der Waals surface area contributed by atoms with Crippen LogP contribution >= 0.6 is 0 Å². The smallest absolute Gasteiger partial charge is 0.226 e. The molecule has 0 unspecified atom stereocenters. The number of likely N-dealkylation sites (tertiary alicyclic amines) is 1. The van der Waals surface area contributed by atoms with Crippen LogP contribution in [0.15, 0.2) is 0 Å². The van der Waals surface area contributed by atoms with Crippen molar-refractivity contribution in [3.05, 3.63) is 0 Å². The minimum absolute atomic E-state index is 0.0442. The van der Waals surface area contributed by atoms with E-state index in [1.54, 1.807) is 0 Å². The molecule has 1 N–H and O–H groups in total.